The van der Waals surface area contributed by atoms with Crippen molar-refractivity contribution in [1.82, 2.24) is 9.71 Å². The molecular formula is C15H19N3O2S. The zero-order valence-electron chi connectivity index (χ0n) is 12.3. The lowest BCUT2D eigenvalue weighted by molar-refractivity contribution is 0.579. The lowest BCUT2D eigenvalue weighted by atomic mass is 10.1. The molecule has 0 bridgehead atoms. The average Bonchev–Trinajstić information content (AvgIpc) is 2.41. The van der Waals surface area contributed by atoms with E-state index in [1.54, 1.807) is 19.1 Å². The topological polar surface area (TPSA) is 85.1 Å². The monoisotopic (exact) mass is 305 g/mol. The van der Waals surface area contributed by atoms with Crippen LogP contribution in [0.2, 0.25) is 0 Å². The van der Waals surface area contributed by atoms with Crippen molar-refractivity contribution >= 4 is 15.7 Å². The first-order chi connectivity index (χ1) is 9.79. The molecule has 2 aromatic rings. The number of aryl methyl sites for hydroxylation is 2. The van der Waals surface area contributed by atoms with Crippen LogP contribution in [0, 0.1) is 20.8 Å². The smallest absolute Gasteiger partial charge is 0.241 e. The van der Waals surface area contributed by atoms with Gasteiger partial charge in [0, 0.05) is 11.4 Å². The van der Waals surface area contributed by atoms with E-state index in [1.165, 1.54) is 6.07 Å². The van der Waals surface area contributed by atoms with Crippen molar-refractivity contribution in [3.8, 4) is 0 Å². The maximum Gasteiger partial charge on any atom is 0.241 e. The van der Waals surface area contributed by atoms with Gasteiger partial charge >= 0.3 is 0 Å². The first-order valence-corrected chi connectivity index (χ1v) is 8.07. The van der Waals surface area contributed by atoms with Crippen LogP contribution >= 0.6 is 0 Å². The Bertz CT molecular complexity index is 770. The Labute approximate surface area is 125 Å². The van der Waals surface area contributed by atoms with Gasteiger partial charge in [-0.05, 0) is 56.2 Å². The molecule has 6 heteroatoms. The summed E-state index contributed by atoms with van der Waals surface area (Å²) in [6.45, 7) is 5.63. The number of pyridine rings is 1. The van der Waals surface area contributed by atoms with E-state index in [0.717, 1.165) is 11.3 Å². The highest BCUT2D eigenvalue weighted by Crippen LogP contribution is 2.22. The Hall–Kier alpha value is -1.92. The molecule has 5 nitrogen and oxygen atoms in total. The molecule has 0 fully saturated rings. The molecule has 1 heterocycles. The number of hydrogen-bond donors (Lipinski definition) is 2. The Morgan fingerprint density at radius 1 is 1.19 bits per heavy atom. The second-order valence-corrected chi connectivity index (χ2v) is 6.79. The number of hydrogen-bond acceptors (Lipinski definition) is 4. The summed E-state index contributed by atoms with van der Waals surface area (Å²) in [6.07, 6.45) is 0. The first-order valence-electron chi connectivity index (χ1n) is 6.58. The Balaban J connectivity index is 2.27. The minimum atomic E-state index is -3.62. The molecule has 0 aliphatic heterocycles. The maximum atomic E-state index is 12.4. The van der Waals surface area contributed by atoms with Crippen molar-refractivity contribution in [3.05, 3.63) is 52.8 Å². The second kappa shape index (κ2) is 5.83. The summed E-state index contributed by atoms with van der Waals surface area (Å²) in [7, 11) is -3.62. The zero-order valence-corrected chi connectivity index (χ0v) is 13.2. The molecule has 1 aromatic carbocycles. The van der Waals surface area contributed by atoms with Crippen molar-refractivity contribution in [3.63, 3.8) is 0 Å². The van der Waals surface area contributed by atoms with E-state index in [-0.39, 0.29) is 11.4 Å². The van der Waals surface area contributed by atoms with Gasteiger partial charge in [-0.25, -0.2) is 13.1 Å². The van der Waals surface area contributed by atoms with E-state index in [4.69, 9.17) is 5.73 Å². The molecule has 0 unspecified atom stereocenters. The standard InChI is InChI=1S/C15H19N3O2S/c1-10-7-13(16)8-15(12(10)3)21(19,20)17-9-14-6-4-5-11(2)18-14/h4-8,17H,9,16H2,1-3H3. The van der Waals surface area contributed by atoms with Gasteiger partial charge < -0.3 is 5.73 Å². The van der Waals surface area contributed by atoms with Crippen molar-refractivity contribution < 1.29 is 8.42 Å². The van der Waals surface area contributed by atoms with Crippen molar-refractivity contribution in [2.45, 2.75) is 32.2 Å². The van der Waals surface area contributed by atoms with Gasteiger partial charge in [-0.15, -0.1) is 0 Å². The minimum absolute atomic E-state index is 0.150. The highest BCUT2D eigenvalue weighted by molar-refractivity contribution is 7.89. The van der Waals surface area contributed by atoms with E-state index in [9.17, 15) is 8.42 Å². The molecule has 1 aromatic heterocycles. The Morgan fingerprint density at radius 3 is 2.57 bits per heavy atom. The fourth-order valence-corrected chi connectivity index (χ4v) is 3.43. The lowest BCUT2D eigenvalue weighted by Crippen LogP contribution is -2.25. The van der Waals surface area contributed by atoms with Crippen LogP contribution in [-0.4, -0.2) is 13.4 Å². The fraction of sp³-hybridized carbons (Fsp3) is 0.267. The number of nitrogens with zero attached hydrogens (tertiary/aromatic N) is 1. The third-order valence-electron chi connectivity index (χ3n) is 3.32. The van der Waals surface area contributed by atoms with Crippen LogP contribution in [0.1, 0.15) is 22.5 Å². The van der Waals surface area contributed by atoms with Gasteiger partial charge in [-0.3, -0.25) is 4.98 Å². The normalized spacial score (nSPS) is 11.6. The molecule has 112 valence electrons. The summed E-state index contributed by atoms with van der Waals surface area (Å²) in [5.41, 5.74) is 9.27. The van der Waals surface area contributed by atoms with Crippen molar-refractivity contribution in [2.24, 2.45) is 0 Å². The lowest BCUT2D eigenvalue weighted by Gasteiger charge is -2.12. The average molecular weight is 305 g/mol. The molecule has 0 radical (unpaired) electrons. The third-order valence-corrected chi connectivity index (χ3v) is 4.85. The van der Waals surface area contributed by atoms with E-state index in [0.29, 0.717) is 16.9 Å². The molecule has 0 saturated carbocycles. The van der Waals surface area contributed by atoms with Crippen LogP contribution in [0.5, 0.6) is 0 Å². The number of nitrogens with one attached hydrogen (secondary N) is 1. The van der Waals surface area contributed by atoms with E-state index < -0.39 is 10.0 Å². The predicted molar refractivity (Wildman–Crippen MR) is 83.3 cm³/mol. The molecule has 0 aliphatic carbocycles. The van der Waals surface area contributed by atoms with E-state index in [2.05, 4.69) is 9.71 Å². The molecular weight excluding hydrogens is 286 g/mol. The van der Waals surface area contributed by atoms with Gasteiger partial charge in [0.2, 0.25) is 10.0 Å². The summed E-state index contributed by atoms with van der Waals surface area (Å²) >= 11 is 0. The molecule has 2 rings (SSSR count). The first kappa shape index (κ1) is 15.5. The number of aromatic nitrogens is 1. The van der Waals surface area contributed by atoms with Crippen molar-refractivity contribution in [1.29, 1.82) is 0 Å². The minimum Gasteiger partial charge on any atom is -0.399 e. The highest BCUT2D eigenvalue weighted by Gasteiger charge is 2.18. The number of anilines is 1. The Kier molecular flexibility index (Phi) is 4.29. The van der Waals surface area contributed by atoms with Gasteiger partial charge in [-0.1, -0.05) is 6.07 Å². The van der Waals surface area contributed by atoms with Crippen molar-refractivity contribution in [2.75, 3.05) is 5.73 Å². The summed E-state index contributed by atoms with van der Waals surface area (Å²) < 4.78 is 27.4. The Morgan fingerprint density at radius 2 is 1.90 bits per heavy atom. The summed E-state index contributed by atoms with van der Waals surface area (Å²) in [6, 6.07) is 8.74. The number of rotatable bonds is 4. The van der Waals surface area contributed by atoms with E-state index in [1.807, 2.05) is 26.0 Å². The van der Waals surface area contributed by atoms with Gasteiger partial charge in [-0.2, -0.15) is 0 Å². The molecule has 3 N–H and O–H groups in total. The summed E-state index contributed by atoms with van der Waals surface area (Å²) in [5, 5.41) is 0. The molecule has 0 aliphatic rings. The molecule has 0 atom stereocenters. The summed E-state index contributed by atoms with van der Waals surface area (Å²) in [4.78, 5) is 4.49. The van der Waals surface area contributed by atoms with Gasteiger partial charge in [0.1, 0.15) is 0 Å². The third kappa shape index (κ3) is 3.59. The van der Waals surface area contributed by atoms with E-state index >= 15 is 0 Å². The van der Waals surface area contributed by atoms with Crippen LogP contribution in [0.3, 0.4) is 0 Å². The summed E-state index contributed by atoms with van der Waals surface area (Å²) in [5.74, 6) is 0. The van der Waals surface area contributed by atoms with Gasteiger partial charge in [0.15, 0.2) is 0 Å². The van der Waals surface area contributed by atoms with Crippen LogP contribution in [0.25, 0.3) is 0 Å². The molecule has 0 saturated heterocycles. The van der Waals surface area contributed by atoms with Crippen LogP contribution in [0.15, 0.2) is 35.2 Å². The predicted octanol–water partition coefficient (Wildman–Crippen LogP) is 2.07. The molecule has 0 spiro atoms. The van der Waals surface area contributed by atoms with Gasteiger partial charge in [0.05, 0.1) is 17.1 Å². The van der Waals surface area contributed by atoms with Crippen LogP contribution in [0.4, 0.5) is 5.69 Å². The molecule has 21 heavy (non-hydrogen) atoms. The number of sulfonamides is 1. The van der Waals surface area contributed by atoms with Crippen LogP contribution in [-0.2, 0) is 16.6 Å². The SMILES string of the molecule is Cc1cccc(CNS(=O)(=O)c2cc(N)cc(C)c2C)n1. The van der Waals surface area contributed by atoms with Gasteiger partial charge in [0.25, 0.3) is 0 Å². The number of benzene rings is 1. The fourth-order valence-electron chi connectivity index (χ4n) is 2.08. The quantitative estimate of drug-likeness (QED) is 0.847. The second-order valence-electron chi connectivity index (χ2n) is 5.06. The number of nitrogen functional groups attached to an aromatic ring is 1. The zero-order chi connectivity index (χ0) is 15.6. The van der Waals surface area contributed by atoms with Crippen LogP contribution < -0.4 is 10.5 Å². The number of nitrogens with two attached hydrogens (primary N) is 1. The maximum absolute atomic E-state index is 12.4. The largest absolute Gasteiger partial charge is 0.399 e. The molecule has 0 amide bonds. The highest BCUT2D eigenvalue weighted by atomic mass is 32.2.